The van der Waals surface area contributed by atoms with E-state index in [1.54, 1.807) is 21.1 Å². The number of cyclic esters (lactones) is 1. The SMILES string of the molecule is COCOC/C(COCc1ccc(OC)cc1)=C(/C)CC[C@H](O)[C@@H](C)C(=O)N1C(=O)OC[C@H]1Cc1ccccc1. The summed E-state index contributed by atoms with van der Waals surface area (Å²) < 4.78 is 26.9. The number of carbonyl (C=O) groups excluding carboxylic acids is 2. The monoisotopic (exact) mass is 555 g/mol. The molecular formula is C31H41NO8. The van der Waals surface area contributed by atoms with Crippen molar-refractivity contribution in [2.75, 3.05) is 40.8 Å². The summed E-state index contributed by atoms with van der Waals surface area (Å²) in [6.45, 7) is 5.02. The maximum absolute atomic E-state index is 13.3. The molecule has 1 N–H and O–H groups in total. The summed E-state index contributed by atoms with van der Waals surface area (Å²) in [6, 6.07) is 16.9. The van der Waals surface area contributed by atoms with Gasteiger partial charge in [0.1, 0.15) is 19.1 Å². The van der Waals surface area contributed by atoms with Gasteiger partial charge < -0.3 is 28.8 Å². The van der Waals surface area contributed by atoms with Crippen LogP contribution in [0.5, 0.6) is 5.75 Å². The van der Waals surface area contributed by atoms with Crippen LogP contribution in [0, 0.1) is 5.92 Å². The van der Waals surface area contributed by atoms with E-state index in [9.17, 15) is 14.7 Å². The minimum absolute atomic E-state index is 0.144. The molecule has 0 spiro atoms. The Morgan fingerprint density at radius 2 is 1.75 bits per heavy atom. The average molecular weight is 556 g/mol. The lowest BCUT2D eigenvalue weighted by molar-refractivity contribution is -0.136. The lowest BCUT2D eigenvalue weighted by atomic mass is 9.94. The molecule has 1 fully saturated rings. The number of aliphatic hydroxyl groups excluding tert-OH is 1. The largest absolute Gasteiger partial charge is 0.497 e. The zero-order valence-corrected chi connectivity index (χ0v) is 23.8. The van der Waals surface area contributed by atoms with E-state index in [0.29, 0.717) is 39.1 Å². The molecule has 2 amide bonds. The van der Waals surface area contributed by atoms with Gasteiger partial charge in [0.15, 0.2) is 0 Å². The molecule has 1 aliphatic rings. The van der Waals surface area contributed by atoms with E-state index in [2.05, 4.69) is 0 Å². The topological polar surface area (TPSA) is 104 Å². The Bertz CT molecular complexity index is 1100. The number of carbonyl (C=O) groups is 2. The van der Waals surface area contributed by atoms with Crippen molar-refractivity contribution < 1.29 is 38.4 Å². The molecule has 9 heteroatoms. The fraction of sp³-hybridized carbons (Fsp3) is 0.484. The number of imide groups is 1. The van der Waals surface area contributed by atoms with E-state index in [1.807, 2.05) is 61.5 Å². The van der Waals surface area contributed by atoms with E-state index < -0.39 is 30.1 Å². The maximum Gasteiger partial charge on any atom is 0.416 e. The minimum atomic E-state index is -0.936. The molecular weight excluding hydrogens is 514 g/mol. The van der Waals surface area contributed by atoms with Gasteiger partial charge in [0.2, 0.25) is 5.91 Å². The predicted octanol–water partition coefficient (Wildman–Crippen LogP) is 4.52. The smallest absolute Gasteiger partial charge is 0.416 e. The third kappa shape index (κ3) is 9.16. The van der Waals surface area contributed by atoms with Crippen LogP contribution in [-0.4, -0.2) is 75.0 Å². The van der Waals surface area contributed by atoms with Crippen LogP contribution >= 0.6 is 0 Å². The van der Waals surface area contributed by atoms with Crippen molar-refractivity contribution in [3.63, 3.8) is 0 Å². The van der Waals surface area contributed by atoms with E-state index >= 15 is 0 Å². The fourth-order valence-corrected chi connectivity index (χ4v) is 4.49. The van der Waals surface area contributed by atoms with Gasteiger partial charge in [-0.2, -0.15) is 0 Å². The van der Waals surface area contributed by atoms with Crippen LogP contribution in [0.15, 0.2) is 65.7 Å². The van der Waals surface area contributed by atoms with Gasteiger partial charge in [-0.05, 0) is 55.0 Å². The van der Waals surface area contributed by atoms with Gasteiger partial charge in [-0.25, -0.2) is 9.69 Å². The first kappa shape index (κ1) is 31.3. The molecule has 3 rings (SSSR count). The number of nitrogens with zero attached hydrogens (tertiary/aromatic N) is 1. The summed E-state index contributed by atoms with van der Waals surface area (Å²) >= 11 is 0. The lowest BCUT2D eigenvalue weighted by Gasteiger charge is -2.26. The number of rotatable bonds is 16. The molecule has 0 unspecified atom stereocenters. The van der Waals surface area contributed by atoms with Crippen LogP contribution in [0.1, 0.15) is 37.8 Å². The predicted molar refractivity (Wildman–Crippen MR) is 150 cm³/mol. The normalized spacial score (nSPS) is 17.3. The van der Waals surface area contributed by atoms with Crippen molar-refractivity contribution in [1.29, 1.82) is 0 Å². The Balaban J connectivity index is 1.57. The first-order valence-corrected chi connectivity index (χ1v) is 13.5. The third-order valence-corrected chi connectivity index (χ3v) is 7.08. The zero-order chi connectivity index (χ0) is 28.9. The van der Waals surface area contributed by atoms with Crippen LogP contribution < -0.4 is 4.74 Å². The van der Waals surface area contributed by atoms with Gasteiger partial charge >= 0.3 is 6.09 Å². The second kappa shape index (κ2) is 16.1. The van der Waals surface area contributed by atoms with Gasteiger partial charge in [0.05, 0.1) is 45.0 Å². The Labute approximate surface area is 236 Å². The second-order valence-electron chi connectivity index (χ2n) is 10.0. The molecule has 1 aliphatic heterocycles. The molecule has 218 valence electrons. The number of aliphatic hydroxyl groups is 1. The number of benzene rings is 2. The summed E-state index contributed by atoms with van der Waals surface area (Å²) in [5.41, 5.74) is 3.98. The van der Waals surface area contributed by atoms with Crippen molar-refractivity contribution in [3.05, 3.63) is 76.9 Å². The third-order valence-electron chi connectivity index (χ3n) is 7.08. The fourth-order valence-electron chi connectivity index (χ4n) is 4.49. The Morgan fingerprint density at radius 3 is 2.42 bits per heavy atom. The van der Waals surface area contributed by atoms with Crippen LogP contribution in [0.25, 0.3) is 0 Å². The number of hydrogen-bond acceptors (Lipinski definition) is 8. The standard InChI is InChI=1S/C31H41NO8/c1-22(26(19-39-21-36-3)18-38-17-25-11-13-28(37-4)14-12-25)10-15-29(33)23(2)30(34)32-27(20-40-31(32)35)16-24-8-6-5-7-9-24/h5-9,11-14,23,27,29,33H,10,15-21H2,1-4H3/b26-22-/t23-,27-,29+/m1/s1. The molecule has 0 bridgehead atoms. The Kier molecular flexibility index (Phi) is 12.6. The van der Waals surface area contributed by atoms with Crippen LogP contribution in [0.3, 0.4) is 0 Å². The molecule has 0 aromatic heterocycles. The molecule has 1 saturated heterocycles. The average Bonchev–Trinajstić information content (AvgIpc) is 3.34. The zero-order valence-electron chi connectivity index (χ0n) is 23.8. The minimum Gasteiger partial charge on any atom is -0.497 e. The first-order chi connectivity index (χ1) is 19.3. The summed E-state index contributed by atoms with van der Waals surface area (Å²) in [4.78, 5) is 26.8. The van der Waals surface area contributed by atoms with E-state index in [0.717, 1.165) is 28.0 Å². The molecule has 0 radical (unpaired) electrons. The van der Waals surface area contributed by atoms with Gasteiger partial charge in [-0.1, -0.05) is 55.0 Å². The van der Waals surface area contributed by atoms with E-state index in [1.165, 1.54) is 4.90 Å². The number of allylic oxidation sites excluding steroid dienone is 1. The molecule has 0 saturated carbocycles. The van der Waals surface area contributed by atoms with Crippen LogP contribution in [0.2, 0.25) is 0 Å². The van der Waals surface area contributed by atoms with Crippen molar-refractivity contribution in [2.45, 2.75) is 51.9 Å². The summed E-state index contributed by atoms with van der Waals surface area (Å²) in [7, 11) is 3.19. The Hall–Kier alpha value is -3.24. The van der Waals surface area contributed by atoms with Crippen LogP contribution in [-0.2, 0) is 36.8 Å². The highest BCUT2D eigenvalue weighted by Gasteiger charge is 2.41. The van der Waals surface area contributed by atoms with Crippen molar-refractivity contribution in [2.24, 2.45) is 5.92 Å². The lowest BCUT2D eigenvalue weighted by Crippen LogP contribution is -2.45. The van der Waals surface area contributed by atoms with E-state index in [-0.39, 0.29) is 13.4 Å². The highest BCUT2D eigenvalue weighted by atomic mass is 16.7. The van der Waals surface area contributed by atoms with Crippen LogP contribution in [0.4, 0.5) is 4.79 Å². The highest BCUT2D eigenvalue weighted by Crippen LogP contribution is 2.24. The molecule has 2 aromatic rings. The quantitative estimate of drug-likeness (QED) is 0.183. The molecule has 40 heavy (non-hydrogen) atoms. The first-order valence-electron chi connectivity index (χ1n) is 13.5. The van der Waals surface area contributed by atoms with Crippen molar-refractivity contribution in [1.82, 2.24) is 4.90 Å². The second-order valence-corrected chi connectivity index (χ2v) is 10.0. The van der Waals surface area contributed by atoms with Crippen molar-refractivity contribution in [3.8, 4) is 5.75 Å². The number of methoxy groups -OCH3 is 2. The number of ether oxygens (including phenoxy) is 5. The summed E-state index contributed by atoms with van der Waals surface area (Å²) in [6.07, 6.45) is -0.210. The Morgan fingerprint density at radius 1 is 1.05 bits per heavy atom. The highest BCUT2D eigenvalue weighted by molar-refractivity contribution is 5.95. The number of hydrogen-bond donors (Lipinski definition) is 1. The summed E-state index contributed by atoms with van der Waals surface area (Å²) in [5.74, 6) is -0.409. The van der Waals surface area contributed by atoms with Gasteiger partial charge in [0, 0.05) is 7.11 Å². The van der Waals surface area contributed by atoms with Gasteiger partial charge in [0.25, 0.3) is 0 Å². The molecule has 2 aromatic carbocycles. The maximum atomic E-state index is 13.3. The molecule has 0 aliphatic carbocycles. The molecule has 3 atom stereocenters. The molecule has 1 heterocycles. The summed E-state index contributed by atoms with van der Waals surface area (Å²) in [5, 5.41) is 10.9. The van der Waals surface area contributed by atoms with Crippen molar-refractivity contribution >= 4 is 12.0 Å². The van der Waals surface area contributed by atoms with E-state index in [4.69, 9.17) is 23.7 Å². The number of amides is 2. The molecule has 9 nitrogen and oxygen atoms in total. The van der Waals surface area contributed by atoms with Gasteiger partial charge in [-0.3, -0.25) is 4.79 Å². The van der Waals surface area contributed by atoms with Gasteiger partial charge in [-0.15, -0.1) is 0 Å².